The topological polar surface area (TPSA) is 81.6 Å². The minimum absolute atomic E-state index is 0.0199. The molecule has 2 aliphatic rings. The number of amides is 1. The molecule has 1 amide bonds. The molecule has 0 radical (unpaired) electrons. The van der Waals surface area contributed by atoms with Crippen molar-refractivity contribution >= 4 is 36.7 Å². The van der Waals surface area contributed by atoms with E-state index in [-0.39, 0.29) is 18.6 Å². The summed E-state index contributed by atoms with van der Waals surface area (Å²) in [6.45, 7) is 7.78. The molecule has 34 heavy (non-hydrogen) atoms. The molecule has 1 atom stereocenters. The number of hydrogen-bond donors (Lipinski definition) is 0. The first-order valence-electron chi connectivity index (χ1n) is 11.6. The molecule has 0 N–H and O–H groups in total. The fraction of sp³-hybridized carbons (Fsp3) is 0.385. The summed E-state index contributed by atoms with van der Waals surface area (Å²) in [6, 6.07) is 12.3. The van der Waals surface area contributed by atoms with E-state index in [0.717, 1.165) is 33.8 Å². The van der Waals surface area contributed by atoms with Gasteiger partial charge in [0.2, 0.25) is 5.91 Å². The number of ether oxygens (including phenoxy) is 2. The van der Waals surface area contributed by atoms with Crippen LogP contribution in [0.15, 0.2) is 42.6 Å². The van der Waals surface area contributed by atoms with Gasteiger partial charge in [0.05, 0.1) is 23.6 Å². The van der Waals surface area contributed by atoms with Crippen molar-refractivity contribution in [1.29, 1.82) is 0 Å². The Bertz CT molecular complexity index is 1300. The maximum atomic E-state index is 13.8. The summed E-state index contributed by atoms with van der Waals surface area (Å²) in [5, 5.41) is 0.863. The molecular weight excluding hydrogens is 446 g/mol. The lowest BCUT2D eigenvalue weighted by Crippen LogP contribution is -2.42. The molecule has 5 rings (SSSR count). The number of carbonyl (C=O) groups is 2. The zero-order chi connectivity index (χ0) is 24.1. The molecule has 1 aliphatic heterocycles. The standard InChI is InChI=1S/C26H29N3O4Si/c1-32-24(30)17-7-8-21-18(12-17)13-19-14-26(15-22(19)28-21)20-6-5-9-27-23(20)29(25(26)31)16-33-10-11-34(2,3)4/h5-9,12-13H,10-11,14-16H2,1-4H3/t26-/m0/s1. The monoisotopic (exact) mass is 475 g/mol. The second-order valence-electron chi connectivity index (χ2n) is 10.4. The number of nitrogens with zero attached hydrogens (tertiary/aromatic N) is 3. The maximum absolute atomic E-state index is 13.8. The number of benzene rings is 1. The molecule has 2 aromatic heterocycles. The average molecular weight is 476 g/mol. The van der Waals surface area contributed by atoms with Crippen molar-refractivity contribution in [2.75, 3.05) is 25.3 Å². The van der Waals surface area contributed by atoms with Gasteiger partial charge in [0.25, 0.3) is 0 Å². The number of methoxy groups -OCH3 is 1. The van der Waals surface area contributed by atoms with Crippen LogP contribution in [0.1, 0.15) is 27.2 Å². The Morgan fingerprint density at radius 3 is 2.76 bits per heavy atom. The summed E-state index contributed by atoms with van der Waals surface area (Å²) >= 11 is 0. The van der Waals surface area contributed by atoms with Gasteiger partial charge in [0.1, 0.15) is 12.5 Å². The molecule has 1 spiro atoms. The zero-order valence-electron chi connectivity index (χ0n) is 20.1. The molecule has 176 valence electrons. The molecule has 1 aliphatic carbocycles. The van der Waals surface area contributed by atoms with Gasteiger partial charge in [-0.1, -0.05) is 25.7 Å². The first-order chi connectivity index (χ1) is 16.2. The van der Waals surface area contributed by atoms with E-state index in [1.807, 2.05) is 18.2 Å². The fourth-order valence-electron chi connectivity index (χ4n) is 4.94. The van der Waals surface area contributed by atoms with Crippen molar-refractivity contribution < 1.29 is 19.1 Å². The SMILES string of the molecule is COC(=O)c1ccc2nc3c(cc2c1)C[C@@]1(C3)C(=O)N(COCC[Si](C)(C)C)c2ncccc21. The van der Waals surface area contributed by atoms with Crippen LogP contribution < -0.4 is 4.90 Å². The molecule has 1 aromatic carbocycles. The predicted octanol–water partition coefficient (Wildman–Crippen LogP) is 4.11. The van der Waals surface area contributed by atoms with Crippen molar-refractivity contribution in [3.63, 3.8) is 0 Å². The van der Waals surface area contributed by atoms with Crippen molar-refractivity contribution in [2.24, 2.45) is 0 Å². The van der Waals surface area contributed by atoms with Gasteiger partial charge >= 0.3 is 5.97 Å². The smallest absolute Gasteiger partial charge is 0.337 e. The minimum Gasteiger partial charge on any atom is -0.465 e. The van der Waals surface area contributed by atoms with Crippen LogP contribution in [-0.2, 0) is 32.5 Å². The number of aromatic nitrogens is 2. The largest absolute Gasteiger partial charge is 0.465 e. The third-order valence-electron chi connectivity index (χ3n) is 6.80. The van der Waals surface area contributed by atoms with Crippen LogP contribution in [-0.4, -0.2) is 50.4 Å². The number of esters is 1. The second kappa shape index (κ2) is 8.28. The normalized spacial score (nSPS) is 19.1. The van der Waals surface area contributed by atoms with Crippen LogP contribution in [0.5, 0.6) is 0 Å². The molecule has 0 saturated heterocycles. The zero-order valence-corrected chi connectivity index (χ0v) is 21.1. The van der Waals surface area contributed by atoms with Crippen molar-refractivity contribution in [3.05, 3.63) is 65.0 Å². The van der Waals surface area contributed by atoms with Crippen LogP contribution >= 0.6 is 0 Å². The fourth-order valence-corrected chi connectivity index (χ4v) is 5.69. The second-order valence-corrected chi connectivity index (χ2v) is 16.0. The molecule has 0 bridgehead atoms. The molecule has 8 heteroatoms. The molecule has 7 nitrogen and oxygen atoms in total. The molecule has 0 unspecified atom stereocenters. The minimum atomic E-state index is -1.22. The van der Waals surface area contributed by atoms with Crippen molar-refractivity contribution in [3.8, 4) is 0 Å². The molecule has 0 saturated carbocycles. The van der Waals surface area contributed by atoms with Crippen LogP contribution in [0.3, 0.4) is 0 Å². The van der Waals surface area contributed by atoms with Gasteiger partial charge < -0.3 is 9.47 Å². The van der Waals surface area contributed by atoms with E-state index >= 15 is 0 Å². The predicted molar refractivity (Wildman–Crippen MR) is 133 cm³/mol. The Balaban J connectivity index is 1.45. The van der Waals surface area contributed by atoms with Crippen LogP contribution in [0.4, 0.5) is 5.82 Å². The third kappa shape index (κ3) is 3.80. The van der Waals surface area contributed by atoms with Gasteiger partial charge in [-0.05, 0) is 48.4 Å². The van der Waals surface area contributed by atoms with Crippen LogP contribution in [0, 0.1) is 0 Å². The molecule has 3 heterocycles. The van der Waals surface area contributed by atoms with Gasteiger partial charge in [-0.25, -0.2) is 9.78 Å². The summed E-state index contributed by atoms with van der Waals surface area (Å²) in [5.41, 5.74) is 3.45. The Kier molecular flexibility index (Phi) is 5.53. The van der Waals surface area contributed by atoms with Crippen LogP contribution in [0.25, 0.3) is 10.9 Å². The Hall–Kier alpha value is -3.10. The molecular formula is C26H29N3O4Si. The van der Waals surface area contributed by atoms with Gasteiger partial charge in [0, 0.05) is 43.9 Å². The number of rotatable bonds is 6. The number of fused-ring (bicyclic) bond motifs is 4. The molecule has 0 fully saturated rings. The number of anilines is 1. The Morgan fingerprint density at radius 1 is 1.18 bits per heavy atom. The summed E-state index contributed by atoms with van der Waals surface area (Å²) in [6.07, 6.45) is 2.81. The summed E-state index contributed by atoms with van der Waals surface area (Å²) in [7, 11) is 0.153. The highest BCUT2D eigenvalue weighted by molar-refractivity contribution is 6.76. The van der Waals surface area contributed by atoms with Gasteiger partial charge in [-0.3, -0.25) is 14.7 Å². The van der Waals surface area contributed by atoms with Crippen LogP contribution in [0.2, 0.25) is 25.7 Å². The molecule has 3 aromatic rings. The highest BCUT2D eigenvalue weighted by Crippen LogP contribution is 2.49. The van der Waals surface area contributed by atoms with Crippen molar-refractivity contribution in [1.82, 2.24) is 9.97 Å². The van der Waals surface area contributed by atoms with Gasteiger partial charge in [0.15, 0.2) is 0 Å². The number of hydrogen-bond acceptors (Lipinski definition) is 6. The Morgan fingerprint density at radius 2 is 2.00 bits per heavy atom. The summed E-state index contributed by atoms with van der Waals surface area (Å²) in [4.78, 5) is 36.9. The van der Waals surface area contributed by atoms with E-state index in [4.69, 9.17) is 14.5 Å². The maximum Gasteiger partial charge on any atom is 0.337 e. The third-order valence-corrected chi connectivity index (χ3v) is 8.50. The highest BCUT2D eigenvalue weighted by Gasteiger charge is 2.55. The number of carbonyl (C=O) groups excluding carboxylic acids is 2. The quantitative estimate of drug-likeness (QED) is 0.303. The first kappa shape index (κ1) is 22.7. The average Bonchev–Trinajstić information content (AvgIpc) is 3.29. The lowest BCUT2D eigenvalue weighted by molar-refractivity contribution is -0.124. The van der Waals surface area contributed by atoms with E-state index in [0.29, 0.717) is 30.8 Å². The lowest BCUT2D eigenvalue weighted by Gasteiger charge is -2.23. The van der Waals surface area contributed by atoms with E-state index in [1.165, 1.54) is 7.11 Å². The lowest BCUT2D eigenvalue weighted by atomic mass is 9.79. The van der Waals surface area contributed by atoms with Gasteiger partial charge in [-0.2, -0.15) is 0 Å². The highest BCUT2D eigenvalue weighted by atomic mass is 28.3. The summed E-state index contributed by atoms with van der Waals surface area (Å²) < 4.78 is 10.8. The van der Waals surface area contributed by atoms with E-state index in [9.17, 15) is 9.59 Å². The van der Waals surface area contributed by atoms with Crippen molar-refractivity contribution in [2.45, 2.75) is 43.9 Å². The van der Waals surface area contributed by atoms with E-state index in [2.05, 4.69) is 30.7 Å². The first-order valence-corrected chi connectivity index (χ1v) is 15.3. The van der Waals surface area contributed by atoms with Gasteiger partial charge in [-0.15, -0.1) is 0 Å². The van der Waals surface area contributed by atoms with E-state index < -0.39 is 13.5 Å². The number of pyridine rings is 2. The summed E-state index contributed by atoms with van der Waals surface area (Å²) in [5.74, 6) is 0.326. The van der Waals surface area contributed by atoms with E-state index in [1.54, 1.807) is 23.2 Å². The Labute approximate surface area is 200 Å².